The molecule has 2 atom stereocenters. The average Bonchev–Trinajstić information content (AvgIpc) is 2.05. The van der Waals surface area contributed by atoms with E-state index in [1.165, 1.54) is 0 Å². The van der Waals surface area contributed by atoms with Crippen LogP contribution < -0.4 is 5.73 Å². The molecule has 0 aromatic heterocycles. The van der Waals surface area contributed by atoms with Gasteiger partial charge in [-0.3, -0.25) is 4.79 Å². The molecule has 0 saturated carbocycles. The predicted molar refractivity (Wildman–Crippen MR) is 38.9 cm³/mol. The Kier molecular flexibility index (Phi) is 1.58. The van der Waals surface area contributed by atoms with Crippen LogP contribution >= 0.6 is 0 Å². The van der Waals surface area contributed by atoms with Gasteiger partial charge in [0.2, 0.25) is 5.91 Å². The summed E-state index contributed by atoms with van der Waals surface area (Å²) in [5.74, 6) is 0.0644. The summed E-state index contributed by atoms with van der Waals surface area (Å²) < 4.78 is 5.22. The van der Waals surface area contributed by atoms with Gasteiger partial charge in [-0.25, -0.2) is 0 Å². The summed E-state index contributed by atoms with van der Waals surface area (Å²) in [6.07, 6.45) is 1.10. The van der Waals surface area contributed by atoms with E-state index in [0.29, 0.717) is 25.3 Å². The van der Waals surface area contributed by atoms with Crippen molar-refractivity contribution in [2.24, 2.45) is 5.73 Å². The van der Waals surface area contributed by atoms with Crippen molar-refractivity contribution >= 4 is 5.91 Å². The third kappa shape index (κ3) is 0.937. The normalized spacial score (nSPS) is 34.8. The highest BCUT2D eigenvalue weighted by atomic mass is 16.5. The highest BCUT2D eigenvalue weighted by Gasteiger charge is 2.44. The zero-order valence-corrected chi connectivity index (χ0v) is 6.32. The van der Waals surface area contributed by atoms with Gasteiger partial charge in [0.15, 0.2) is 0 Å². The van der Waals surface area contributed by atoms with E-state index in [1.54, 1.807) is 0 Å². The lowest BCUT2D eigenvalue weighted by Crippen LogP contribution is -2.66. The van der Waals surface area contributed by atoms with E-state index >= 15 is 0 Å². The second-order valence-corrected chi connectivity index (χ2v) is 3.09. The Morgan fingerprint density at radius 3 is 2.64 bits per heavy atom. The summed E-state index contributed by atoms with van der Waals surface area (Å²) in [5.41, 5.74) is 5.25. The molecule has 3 fully saturated rings. The van der Waals surface area contributed by atoms with Gasteiger partial charge in [-0.05, 0) is 6.42 Å². The average molecular weight is 156 g/mol. The van der Waals surface area contributed by atoms with E-state index in [2.05, 4.69) is 0 Å². The van der Waals surface area contributed by atoms with Crippen LogP contribution in [0.4, 0.5) is 0 Å². The predicted octanol–water partition coefficient (Wildman–Crippen LogP) is -1.06. The van der Waals surface area contributed by atoms with E-state index < -0.39 is 0 Å². The van der Waals surface area contributed by atoms with Crippen molar-refractivity contribution in [2.45, 2.75) is 18.5 Å². The first kappa shape index (κ1) is 7.06. The minimum atomic E-state index is 0.0644. The Morgan fingerprint density at radius 1 is 1.55 bits per heavy atom. The third-order valence-corrected chi connectivity index (χ3v) is 2.41. The second kappa shape index (κ2) is 2.46. The Morgan fingerprint density at radius 2 is 2.18 bits per heavy atom. The molecule has 1 amide bonds. The fourth-order valence-corrected chi connectivity index (χ4v) is 1.85. The van der Waals surface area contributed by atoms with Crippen molar-refractivity contribution in [3.05, 3.63) is 0 Å². The second-order valence-electron chi connectivity index (χ2n) is 3.09. The minimum absolute atomic E-state index is 0.0644. The Labute approximate surface area is 65.3 Å². The summed E-state index contributed by atoms with van der Waals surface area (Å²) in [6, 6.07) is 0.648. The van der Waals surface area contributed by atoms with Crippen LogP contribution in [0.1, 0.15) is 6.42 Å². The van der Waals surface area contributed by atoms with Crippen LogP contribution in [0.2, 0.25) is 0 Å². The van der Waals surface area contributed by atoms with E-state index in [1.807, 2.05) is 4.90 Å². The SMILES string of the molecule is NCC(=O)N1[C@H]2COC[C@H]1C2. The molecule has 11 heavy (non-hydrogen) atoms. The molecule has 0 unspecified atom stereocenters. The molecule has 3 aliphatic heterocycles. The molecule has 0 radical (unpaired) electrons. The third-order valence-electron chi connectivity index (χ3n) is 2.41. The number of hydrogen-bond donors (Lipinski definition) is 1. The molecule has 2 N–H and O–H groups in total. The van der Waals surface area contributed by atoms with Crippen LogP contribution in [0.3, 0.4) is 0 Å². The van der Waals surface area contributed by atoms with Gasteiger partial charge < -0.3 is 15.4 Å². The van der Waals surface area contributed by atoms with Crippen LogP contribution in [-0.2, 0) is 9.53 Å². The van der Waals surface area contributed by atoms with Crippen molar-refractivity contribution in [1.29, 1.82) is 0 Å². The number of nitrogens with two attached hydrogens (primary N) is 1. The van der Waals surface area contributed by atoms with Gasteiger partial charge in [-0.15, -0.1) is 0 Å². The Bertz CT molecular complexity index is 169. The molecule has 4 nitrogen and oxygen atoms in total. The van der Waals surface area contributed by atoms with Gasteiger partial charge in [-0.2, -0.15) is 0 Å². The molecule has 62 valence electrons. The van der Waals surface area contributed by atoms with Gasteiger partial charge in [0.05, 0.1) is 31.8 Å². The van der Waals surface area contributed by atoms with Crippen LogP contribution in [-0.4, -0.2) is 42.6 Å². The van der Waals surface area contributed by atoms with E-state index in [0.717, 1.165) is 6.42 Å². The van der Waals surface area contributed by atoms with Gasteiger partial charge in [-0.1, -0.05) is 0 Å². The molecule has 3 aliphatic rings. The zero-order chi connectivity index (χ0) is 7.84. The molecule has 3 rings (SSSR count). The molecular weight excluding hydrogens is 144 g/mol. The Balaban J connectivity index is 2.00. The molecule has 4 heteroatoms. The molecule has 3 saturated heterocycles. The summed E-state index contributed by atoms with van der Waals surface area (Å²) in [7, 11) is 0. The smallest absolute Gasteiger partial charge is 0.236 e. The monoisotopic (exact) mass is 156 g/mol. The van der Waals surface area contributed by atoms with Crippen molar-refractivity contribution in [3.8, 4) is 0 Å². The zero-order valence-electron chi connectivity index (χ0n) is 6.32. The first-order valence-corrected chi connectivity index (χ1v) is 3.92. The minimum Gasteiger partial charge on any atom is -0.377 e. The largest absolute Gasteiger partial charge is 0.377 e. The quantitative estimate of drug-likeness (QED) is 0.526. The van der Waals surface area contributed by atoms with Crippen LogP contribution in [0.25, 0.3) is 0 Å². The van der Waals surface area contributed by atoms with E-state index in [9.17, 15) is 4.79 Å². The summed E-state index contributed by atoms with van der Waals surface area (Å²) >= 11 is 0. The number of rotatable bonds is 1. The van der Waals surface area contributed by atoms with E-state index in [4.69, 9.17) is 10.5 Å². The van der Waals surface area contributed by atoms with Gasteiger partial charge in [0, 0.05) is 0 Å². The summed E-state index contributed by atoms with van der Waals surface area (Å²) in [4.78, 5) is 13.0. The molecule has 0 aromatic carbocycles. The maximum atomic E-state index is 11.2. The molecule has 3 heterocycles. The van der Waals surface area contributed by atoms with Crippen molar-refractivity contribution in [2.75, 3.05) is 19.8 Å². The van der Waals surface area contributed by atoms with Crippen LogP contribution in [0, 0.1) is 0 Å². The van der Waals surface area contributed by atoms with Crippen molar-refractivity contribution < 1.29 is 9.53 Å². The fraction of sp³-hybridized carbons (Fsp3) is 0.857. The summed E-state index contributed by atoms with van der Waals surface area (Å²) in [6.45, 7) is 1.53. The first-order valence-electron chi connectivity index (χ1n) is 3.92. The standard InChI is InChI=1S/C7H12N2O2/c8-2-7(10)9-5-1-6(9)4-11-3-5/h5-6H,1-4,8H2/t5-,6-/m1/s1. The Hall–Kier alpha value is -0.610. The molecular formula is C7H12N2O2. The van der Waals surface area contributed by atoms with Crippen molar-refractivity contribution in [1.82, 2.24) is 4.90 Å². The maximum absolute atomic E-state index is 11.2. The van der Waals surface area contributed by atoms with Gasteiger partial charge in [0.25, 0.3) is 0 Å². The highest BCUT2D eigenvalue weighted by molar-refractivity contribution is 5.79. The molecule has 2 bridgehead atoms. The lowest BCUT2D eigenvalue weighted by atomic mass is 9.91. The molecule has 0 aliphatic carbocycles. The lowest BCUT2D eigenvalue weighted by Gasteiger charge is -2.52. The number of carbonyl (C=O) groups excluding carboxylic acids is 1. The topological polar surface area (TPSA) is 55.6 Å². The van der Waals surface area contributed by atoms with Gasteiger partial charge in [0.1, 0.15) is 0 Å². The van der Waals surface area contributed by atoms with Crippen LogP contribution in [0.15, 0.2) is 0 Å². The highest BCUT2D eigenvalue weighted by Crippen LogP contribution is 2.30. The lowest BCUT2D eigenvalue weighted by molar-refractivity contribution is -0.165. The summed E-state index contributed by atoms with van der Waals surface area (Å²) in [5, 5.41) is 0. The first-order chi connectivity index (χ1) is 5.33. The number of nitrogens with zero attached hydrogens (tertiary/aromatic N) is 1. The van der Waals surface area contributed by atoms with Gasteiger partial charge >= 0.3 is 0 Å². The number of amides is 1. The fourth-order valence-electron chi connectivity index (χ4n) is 1.85. The van der Waals surface area contributed by atoms with E-state index in [-0.39, 0.29) is 12.5 Å². The maximum Gasteiger partial charge on any atom is 0.236 e. The number of ether oxygens (including phenoxy) is 1. The number of hydrogen-bond acceptors (Lipinski definition) is 3. The molecule has 0 spiro atoms. The molecule has 0 aromatic rings. The number of carbonyl (C=O) groups is 1. The number of morpholine rings is 1. The van der Waals surface area contributed by atoms with Crippen molar-refractivity contribution in [3.63, 3.8) is 0 Å². The number of fused-ring (bicyclic) bond motifs is 2. The van der Waals surface area contributed by atoms with Crippen LogP contribution in [0.5, 0.6) is 0 Å².